The maximum Gasteiger partial charge on any atom is 0.0663 e. The monoisotopic (exact) mass is 817 g/mol. The zero-order valence-electron chi connectivity index (χ0n) is 35.5. The van der Waals surface area contributed by atoms with Gasteiger partial charge in [0.05, 0.1) is 33.1 Å². The predicted octanol–water partition coefficient (Wildman–Crippen LogP) is 16.4. The van der Waals surface area contributed by atoms with Gasteiger partial charge in [0.15, 0.2) is 0 Å². The van der Waals surface area contributed by atoms with Crippen molar-refractivity contribution in [2.24, 2.45) is 0 Å². The first kappa shape index (κ1) is 37.4. The van der Waals surface area contributed by atoms with E-state index in [1.54, 1.807) is 0 Å². The van der Waals surface area contributed by atoms with Crippen LogP contribution in [0.3, 0.4) is 0 Å². The van der Waals surface area contributed by atoms with Gasteiger partial charge >= 0.3 is 0 Å². The fourth-order valence-corrected chi connectivity index (χ4v) is 10.1. The molecule has 0 aliphatic carbocycles. The van der Waals surface area contributed by atoms with E-state index in [0.717, 1.165) is 39.1 Å². The molecule has 12 aromatic rings. The summed E-state index contributed by atoms with van der Waals surface area (Å²) in [5.41, 5.74) is 17.2. The molecule has 302 valence electrons. The van der Waals surface area contributed by atoms with Crippen LogP contribution in [0.5, 0.6) is 0 Å². The number of para-hydroxylation sites is 3. The standard InChI is InChI=1S/C61H43N3/c1-41-21-9-11-23-43(41)24-12-10-22-42(2)62-53-36-16-13-33-50(53)56-59(62)57-51-34-14-17-37-54(51)63(48-31-19-29-46(39-48)44-25-5-3-6-26-44)61(57)58-52-35-15-18-38-55(52)64(60(56)58)49-32-20-30-47(40-49)45-27-7-4-8-28-45/h3-40H,2H2,1H3. The lowest BCUT2D eigenvalue weighted by molar-refractivity contribution is 1.18. The van der Waals surface area contributed by atoms with E-state index >= 15 is 0 Å². The van der Waals surface area contributed by atoms with Crippen molar-refractivity contribution >= 4 is 77.2 Å². The number of fused-ring (bicyclic) bond motifs is 12. The average molecular weight is 818 g/mol. The van der Waals surface area contributed by atoms with E-state index < -0.39 is 0 Å². The second-order valence-electron chi connectivity index (χ2n) is 16.6. The van der Waals surface area contributed by atoms with Gasteiger partial charge in [-0.3, -0.25) is 0 Å². The molecule has 64 heavy (non-hydrogen) atoms. The van der Waals surface area contributed by atoms with Gasteiger partial charge in [-0.15, -0.1) is 0 Å². The molecule has 3 heterocycles. The Morgan fingerprint density at radius 3 is 1.39 bits per heavy atom. The second kappa shape index (κ2) is 15.2. The van der Waals surface area contributed by atoms with Crippen LogP contribution in [0.25, 0.3) is 111 Å². The highest BCUT2D eigenvalue weighted by Gasteiger charge is 2.28. The minimum atomic E-state index is 0.887. The molecule has 3 heteroatoms. The maximum absolute atomic E-state index is 4.83. The molecule has 9 aromatic carbocycles. The quantitative estimate of drug-likeness (QED) is 0.136. The van der Waals surface area contributed by atoms with Crippen molar-refractivity contribution < 1.29 is 0 Å². The van der Waals surface area contributed by atoms with Crippen LogP contribution in [-0.4, -0.2) is 13.7 Å². The van der Waals surface area contributed by atoms with Gasteiger partial charge in [0.25, 0.3) is 0 Å². The van der Waals surface area contributed by atoms with Crippen LogP contribution in [-0.2, 0) is 0 Å². The van der Waals surface area contributed by atoms with Crippen molar-refractivity contribution in [3.05, 3.63) is 242 Å². The topological polar surface area (TPSA) is 14.8 Å². The molecule has 0 N–H and O–H groups in total. The van der Waals surface area contributed by atoms with E-state index in [0.29, 0.717) is 0 Å². The first-order chi connectivity index (χ1) is 31.6. The smallest absolute Gasteiger partial charge is 0.0663 e. The highest BCUT2D eigenvalue weighted by Crippen LogP contribution is 2.50. The number of rotatable bonds is 8. The van der Waals surface area contributed by atoms with Crippen molar-refractivity contribution in [1.82, 2.24) is 13.7 Å². The summed E-state index contributed by atoms with van der Waals surface area (Å²) in [7, 11) is 0. The molecule has 12 rings (SSSR count). The summed E-state index contributed by atoms with van der Waals surface area (Å²) in [4.78, 5) is 0. The molecule has 0 amide bonds. The minimum Gasteiger partial charge on any atom is -0.309 e. The molecule has 0 atom stereocenters. The number of nitrogens with zero attached hydrogens (tertiary/aromatic N) is 3. The van der Waals surface area contributed by atoms with Gasteiger partial charge < -0.3 is 13.7 Å². The molecule has 0 aliphatic heterocycles. The summed E-state index contributed by atoms with van der Waals surface area (Å²) in [5.74, 6) is 0. The Morgan fingerprint density at radius 2 is 0.844 bits per heavy atom. The van der Waals surface area contributed by atoms with Gasteiger partial charge in [-0.05, 0) is 88.8 Å². The Kier molecular flexibility index (Phi) is 8.87. The highest BCUT2D eigenvalue weighted by atomic mass is 15.0. The number of benzene rings is 9. The number of allylic oxidation sites excluding steroid dienone is 4. The van der Waals surface area contributed by atoms with Crippen molar-refractivity contribution in [3.8, 4) is 33.6 Å². The third-order valence-corrected chi connectivity index (χ3v) is 12.9. The van der Waals surface area contributed by atoms with Crippen molar-refractivity contribution in [2.75, 3.05) is 0 Å². The van der Waals surface area contributed by atoms with Crippen LogP contribution in [0, 0.1) is 6.92 Å². The SMILES string of the molecule is C=C(C=CC=Cc1ccccc1C)n1c2ccccc2c2c1c1c3ccccc3n(-c3cccc(-c4ccccc4)c3)c1c1c3ccccc3n(-c3cccc(-c4ccccc4)c3)c21. The summed E-state index contributed by atoms with van der Waals surface area (Å²) >= 11 is 0. The normalized spacial score (nSPS) is 12.1. The van der Waals surface area contributed by atoms with Crippen LogP contribution < -0.4 is 0 Å². The molecule has 0 bridgehead atoms. The molecular weight excluding hydrogens is 775 g/mol. The lowest BCUT2D eigenvalue weighted by atomic mass is 10.0. The van der Waals surface area contributed by atoms with Gasteiger partial charge in [-0.1, -0.05) is 189 Å². The number of aromatic nitrogens is 3. The Balaban J connectivity index is 1.26. The van der Waals surface area contributed by atoms with Gasteiger partial charge in [-0.25, -0.2) is 0 Å². The Hall–Kier alpha value is -8.40. The van der Waals surface area contributed by atoms with E-state index in [1.165, 1.54) is 76.7 Å². The Morgan fingerprint density at radius 1 is 0.406 bits per heavy atom. The molecule has 0 saturated carbocycles. The summed E-state index contributed by atoms with van der Waals surface area (Å²) in [5, 5.41) is 7.19. The van der Waals surface area contributed by atoms with Gasteiger partial charge in [-0.2, -0.15) is 0 Å². The van der Waals surface area contributed by atoms with Gasteiger partial charge in [0.1, 0.15) is 0 Å². The fraction of sp³-hybridized carbons (Fsp3) is 0.0164. The van der Waals surface area contributed by atoms with Gasteiger partial charge in [0.2, 0.25) is 0 Å². The van der Waals surface area contributed by atoms with Crippen LogP contribution in [0.2, 0.25) is 0 Å². The van der Waals surface area contributed by atoms with Crippen molar-refractivity contribution in [2.45, 2.75) is 6.92 Å². The lowest BCUT2D eigenvalue weighted by Gasteiger charge is -2.14. The molecular formula is C61H43N3. The van der Waals surface area contributed by atoms with E-state index in [4.69, 9.17) is 6.58 Å². The molecule has 3 aromatic heterocycles. The number of hydrogen-bond donors (Lipinski definition) is 0. The first-order valence-electron chi connectivity index (χ1n) is 22.0. The number of hydrogen-bond acceptors (Lipinski definition) is 0. The van der Waals surface area contributed by atoms with Crippen LogP contribution in [0.1, 0.15) is 11.1 Å². The molecule has 0 fully saturated rings. The molecule has 0 unspecified atom stereocenters. The molecule has 0 radical (unpaired) electrons. The number of aryl methyl sites for hydroxylation is 1. The Labute approximate surface area is 372 Å². The third kappa shape index (κ3) is 5.90. The van der Waals surface area contributed by atoms with Crippen LogP contribution in [0.4, 0.5) is 0 Å². The lowest BCUT2D eigenvalue weighted by Crippen LogP contribution is -1.98. The zero-order valence-corrected chi connectivity index (χ0v) is 35.5. The average Bonchev–Trinajstić information content (AvgIpc) is 4.00. The van der Waals surface area contributed by atoms with Crippen molar-refractivity contribution in [3.63, 3.8) is 0 Å². The first-order valence-corrected chi connectivity index (χ1v) is 22.0. The zero-order chi connectivity index (χ0) is 42.7. The molecule has 0 aliphatic rings. The van der Waals surface area contributed by atoms with Crippen LogP contribution >= 0.6 is 0 Å². The Bertz CT molecular complexity index is 3740. The largest absolute Gasteiger partial charge is 0.309 e. The predicted molar refractivity (Wildman–Crippen MR) is 274 cm³/mol. The molecule has 0 saturated heterocycles. The van der Waals surface area contributed by atoms with Crippen LogP contribution in [0.15, 0.2) is 231 Å². The minimum absolute atomic E-state index is 0.887. The van der Waals surface area contributed by atoms with E-state index in [9.17, 15) is 0 Å². The highest BCUT2D eigenvalue weighted by molar-refractivity contribution is 6.40. The molecule has 0 spiro atoms. The fourth-order valence-electron chi connectivity index (χ4n) is 10.1. The van der Waals surface area contributed by atoms with E-state index in [-0.39, 0.29) is 0 Å². The summed E-state index contributed by atoms with van der Waals surface area (Å²) in [6, 6.07) is 74.6. The van der Waals surface area contributed by atoms with Gasteiger partial charge in [0, 0.05) is 49.4 Å². The van der Waals surface area contributed by atoms with Crippen molar-refractivity contribution in [1.29, 1.82) is 0 Å². The van der Waals surface area contributed by atoms with E-state index in [2.05, 4.69) is 251 Å². The summed E-state index contributed by atoms with van der Waals surface area (Å²) in [6.07, 6.45) is 8.57. The second-order valence-corrected chi connectivity index (χ2v) is 16.6. The summed E-state index contributed by atoms with van der Waals surface area (Å²) < 4.78 is 7.44. The molecule has 3 nitrogen and oxygen atoms in total. The van der Waals surface area contributed by atoms with E-state index in [1.807, 2.05) is 0 Å². The third-order valence-electron chi connectivity index (χ3n) is 12.9. The maximum atomic E-state index is 4.83. The summed E-state index contributed by atoms with van der Waals surface area (Å²) in [6.45, 7) is 6.98.